The molecule has 0 bridgehead atoms. The third-order valence-electron chi connectivity index (χ3n) is 6.12. The highest BCUT2D eigenvalue weighted by Crippen LogP contribution is 2.48. The number of carbonyl (C=O) groups is 1. The fourth-order valence-electron chi connectivity index (χ4n) is 4.72. The van der Waals surface area contributed by atoms with Crippen LogP contribution in [0.4, 0.5) is 0 Å². The van der Waals surface area contributed by atoms with Gasteiger partial charge in [0.05, 0.1) is 6.61 Å². The molecule has 3 aromatic rings. The first kappa shape index (κ1) is 18.9. The molecule has 3 aromatic carbocycles. The Balaban J connectivity index is 1.42. The minimum Gasteiger partial charge on any atom is -0.493 e. The Hall–Kier alpha value is -3.11. The fraction of sp³-hybridized carbons (Fsp3) is 0.269. The average Bonchev–Trinajstić information content (AvgIpc) is 3.18. The van der Waals surface area contributed by atoms with Crippen molar-refractivity contribution in [3.05, 3.63) is 102 Å². The van der Waals surface area contributed by atoms with Gasteiger partial charge in [0.1, 0.15) is 18.4 Å². The number of likely N-dealkylation sites (tertiary alicyclic amines) is 1. The fourth-order valence-corrected chi connectivity index (χ4v) is 4.72. The van der Waals surface area contributed by atoms with E-state index in [-0.39, 0.29) is 24.0 Å². The molecule has 30 heavy (non-hydrogen) atoms. The normalized spacial score (nSPS) is 22.6. The molecule has 3 atom stereocenters. The predicted molar refractivity (Wildman–Crippen MR) is 115 cm³/mol. The van der Waals surface area contributed by atoms with Crippen LogP contribution in [0, 0.1) is 5.92 Å². The number of nitrogens with zero attached hydrogens (tertiary/aromatic N) is 1. The number of fused-ring (bicyclic) bond motifs is 3. The predicted octanol–water partition coefficient (Wildman–Crippen LogP) is 4.75. The van der Waals surface area contributed by atoms with Gasteiger partial charge in [-0.15, -0.1) is 0 Å². The highest BCUT2D eigenvalue weighted by molar-refractivity contribution is 5.76. The summed E-state index contributed by atoms with van der Waals surface area (Å²) in [5.41, 5.74) is 3.37. The van der Waals surface area contributed by atoms with E-state index in [0.29, 0.717) is 19.8 Å². The van der Waals surface area contributed by atoms with Crippen molar-refractivity contribution in [1.29, 1.82) is 0 Å². The summed E-state index contributed by atoms with van der Waals surface area (Å²) in [6, 6.07) is 28.3. The third kappa shape index (κ3) is 3.71. The smallest absolute Gasteiger partial charge is 0.323 e. The van der Waals surface area contributed by atoms with Crippen LogP contribution < -0.4 is 4.74 Å². The van der Waals surface area contributed by atoms with E-state index in [0.717, 1.165) is 17.7 Å². The lowest BCUT2D eigenvalue weighted by molar-refractivity contribution is -0.151. The van der Waals surface area contributed by atoms with Crippen LogP contribution >= 0.6 is 0 Å². The van der Waals surface area contributed by atoms with Gasteiger partial charge in [0, 0.05) is 24.1 Å². The molecule has 4 heteroatoms. The number of para-hydroxylation sites is 1. The van der Waals surface area contributed by atoms with E-state index in [9.17, 15) is 4.79 Å². The molecule has 0 amide bonds. The third-order valence-corrected chi connectivity index (χ3v) is 6.12. The standard InChI is InChI=1S/C26H25NO3/c28-26(30-17-20-11-5-2-6-12-20)23-15-21-18-29-24-14-8-7-13-22(24)25(21)27(23)16-19-9-3-1-4-10-19/h1-14,21,23,25H,15-18H2/t21-,23-,25-/m1/s1. The van der Waals surface area contributed by atoms with Crippen molar-refractivity contribution in [3.63, 3.8) is 0 Å². The second kappa shape index (κ2) is 8.33. The molecule has 0 saturated carbocycles. The van der Waals surface area contributed by atoms with Gasteiger partial charge < -0.3 is 9.47 Å². The first-order chi connectivity index (χ1) is 14.8. The molecule has 2 aliphatic rings. The first-order valence-electron chi connectivity index (χ1n) is 10.5. The molecular weight excluding hydrogens is 374 g/mol. The van der Waals surface area contributed by atoms with Gasteiger partial charge in [0.25, 0.3) is 0 Å². The minimum atomic E-state index is -0.279. The summed E-state index contributed by atoms with van der Waals surface area (Å²) in [4.78, 5) is 15.5. The van der Waals surface area contributed by atoms with Crippen molar-refractivity contribution < 1.29 is 14.3 Å². The highest BCUT2D eigenvalue weighted by atomic mass is 16.5. The Labute approximate surface area is 177 Å². The maximum atomic E-state index is 13.2. The van der Waals surface area contributed by atoms with Crippen LogP contribution in [0.25, 0.3) is 0 Å². The van der Waals surface area contributed by atoms with E-state index >= 15 is 0 Å². The summed E-state index contributed by atoms with van der Waals surface area (Å²) in [7, 11) is 0. The van der Waals surface area contributed by atoms with Gasteiger partial charge in [-0.1, -0.05) is 78.9 Å². The molecule has 1 fully saturated rings. The van der Waals surface area contributed by atoms with Gasteiger partial charge in [0.15, 0.2) is 0 Å². The maximum Gasteiger partial charge on any atom is 0.323 e. The molecule has 152 valence electrons. The summed E-state index contributed by atoms with van der Waals surface area (Å²) in [6.07, 6.45) is 0.749. The van der Waals surface area contributed by atoms with Crippen LogP contribution in [0.15, 0.2) is 84.9 Å². The van der Waals surface area contributed by atoms with Gasteiger partial charge in [-0.05, 0) is 23.6 Å². The molecule has 0 N–H and O–H groups in total. The monoisotopic (exact) mass is 399 g/mol. The van der Waals surface area contributed by atoms with Gasteiger partial charge in [0.2, 0.25) is 0 Å². The molecule has 0 spiro atoms. The zero-order chi connectivity index (χ0) is 20.3. The van der Waals surface area contributed by atoms with Crippen LogP contribution in [-0.4, -0.2) is 23.5 Å². The zero-order valence-corrected chi connectivity index (χ0v) is 16.8. The average molecular weight is 399 g/mol. The van der Waals surface area contributed by atoms with Crippen molar-refractivity contribution >= 4 is 5.97 Å². The lowest BCUT2D eigenvalue weighted by Gasteiger charge is -2.35. The summed E-state index contributed by atoms with van der Waals surface area (Å²) < 4.78 is 11.8. The number of hydrogen-bond donors (Lipinski definition) is 0. The number of carbonyl (C=O) groups excluding carboxylic acids is 1. The molecule has 2 aliphatic heterocycles. The largest absolute Gasteiger partial charge is 0.493 e. The topological polar surface area (TPSA) is 38.8 Å². The van der Waals surface area contributed by atoms with E-state index in [1.54, 1.807) is 0 Å². The van der Waals surface area contributed by atoms with Crippen molar-refractivity contribution in [1.82, 2.24) is 4.90 Å². The minimum absolute atomic E-state index is 0.151. The molecule has 0 aromatic heterocycles. The number of ether oxygens (including phenoxy) is 2. The van der Waals surface area contributed by atoms with Gasteiger partial charge >= 0.3 is 5.97 Å². The number of esters is 1. The quantitative estimate of drug-likeness (QED) is 0.580. The van der Waals surface area contributed by atoms with Crippen molar-refractivity contribution in [2.24, 2.45) is 5.92 Å². The van der Waals surface area contributed by atoms with Crippen molar-refractivity contribution in [3.8, 4) is 5.75 Å². The Morgan fingerprint density at radius 3 is 2.33 bits per heavy atom. The molecule has 0 radical (unpaired) electrons. The van der Waals surface area contributed by atoms with Crippen LogP contribution in [0.3, 0.4) is 0 Å². The Morgan fingerprint density at radius 2 is 1.57 bits per heavy atom. The molecule has 1 saturated heterocycles. The number of rotatable bonds is 5. The molecule has 0 aliphatic carbocycles. The zero-order valence-electron chi connectivity index (χ0n) is 16.8. The summed E-state index contributed by atoms with van der Waals surface area (Å²) in [5, 5.41) is 0. The SMILES string of the molecule is O=C(OCc1ccccc1)[C@H]1C[C@@H]2COc3ccccc3[C@@H]2N1Cc1ccccc1. The molecule has 5 rings (SSSR count). The Morgan fingerprint density at radius 1 is 0.900 bits per heavy atom. The van der Waals surface area contributed by atoms with E-state index in [4.69, 9.17) is 9.47 Å². The highest BCUT2D eigenvalue weighted by Gasteiger charge is 2.48. The number of benzene rings is 3. The van der Waals surface area contributed by atoms with E-state index in [2.05, 4.69) is 23.1 Å². The van der Waals surface area contributed by atoms with Gasteiger partial charge in [-0.3, -0.25) is 9.69 Å². The second-order valence-corrected chi connectivity index (χ2v) is 8.06. The summed E-state index contributed by atoms with van der Waals surface area (Å²) >= 11 is 0. The lowest BCUT2D eigenvalue weighted by atomic mass is 9.91. The van der Waals surface area contributed by atoms with Crippen LogP contribution in [-0.2, 0) is 22.7 Å². The molecule has 2 heterocycles. The maximum absolute atomic E-state index is 13.2. The van der Waals surface area contributed by atoms with Crippen molar-refractivity contribution in [2.75, 3.05) is 6.61 Å². The lowest BCUT2D eigenvalue weighted by Crippen LogP contribution is -2.39. The summed E-state index contributed by atoms with van der Waals surface area (Å²) in [6.45, 7) is 1.65. The van der Waals surface area contributed by atoms with Gasteiger partial charge in [-0.25, -0.2) is 0 Å². The Bertz CT molecular complexity index is 1010. The van der Waals surface area contributed by atoms with E-state index in [1.165, 1.54) is 11.1 Å². The molecule has 4 nitrogen and oxygen atoms in total. The number of hydrogen-bond acceptors (Lipinski definition) is 4. The van der Waals surface area contributed by atoms with E-state index < -0.39 is 0 Å². The van der Waals surface area contributed by atoms with E-state index in [1.807, 2.05) is 66.7 Å². The van der Waals surface area contributed by atoms with Crippen LogP contribution in [0.2, 0.25) is 0 Å². The first-order valence-corrected chi connectivity index (χ1v) is 10.5. The van der Waals surface area contributed by atoms with Crippen LogP contribution in [0.5, 0.6) is 5.75 Å². The molecular formula is C26H25NO3. The second-order valence-electron chi connectivity index (χ2n) is 8.06. The van der Waals surface area contributed by atoms with Crippen molar-refractivity contribution in [2.45, 2.75) is 31.7 Å². The Kier molecular flexibility index (Phi) is 5.24. The van der Waals surface area contributed by atoms with Gasteiger partial charge in [-0.2, -0.15) is 0 Å². The molecule has 0 unspecified atom stereocenters. The summed E-state index contributed by atoms with van der Waals surface area (Å²) in [5.74, 6) is 1.05. The van der Waals surface area contributed by atoms with Crippen LogP contribution in [0.1, 0.15) is 29.2 Å².